The molecular weight excluding hydrogens is 400 g/mol. The van der Waals surface area contributed by atoms with Crippen molar-refractivity contribution in [1.29, 1.82) is 5.26 Å². The van der Waals surface area contributed by atoms with Crippen molar-refractivity contribution in [3.05, 3.63) is 81.8 Å². The molecule has 2 aromatic carbocycles. The number of halogens is 1. The van der Waals surface area contributed by atoms with Gasteiger partial charge in [-0.1, -0.05) is 35.9 Å². The Balaban J connectivity index is 1.89. The van der Waals surface area contributed by atoms with Crippen LogP contribution in [-0.2, 0) is 15.0 Å². The highest BCUT2D eigenvalue weighted by atomic mass is 35.5. The summed E-state index contributed by atoms with van der Waals surface area (Å²) in [5, 5.41) is 13.5. The predicted molar refractivity (Wildman–Crippen MR) is 113 cm³/mol. The van der Waals surface area contributed by atoms with Crippen molar-refractivity contribution in [1.82, 2.24) is 0 Å². The molecule has 0 bridgehead atoms. The third-order valence-electron chi connectivity index (χ3n) is 6.00. The zero-order chi connectivity index (χ0) is 21.0. The van der Waals surface area contributed by atoms with E-state index < -0.39 is 11.3 Å². The Morgan fingerprint density at radius 2 is 1.93 bits per heavy atom. The van der Waals surface area contributed by atoms with Gasteiger partial charge < -0.3 is 11.1 Å². The molecule has 0 aromatic heterocycles. The normalized spacial score (nSPS) is 22.7. The van der Waals surface area contributed by atoms with Crippen LogP contribution < -0.4 is 16.0 Å². The molecule has 1 spiro atoms. The monoisotopic (exact) mass is 416 g/mol. The van der Waals surface area contributed by atoms with Crippen molar-refractivity contribution >= 4 is 34.7 Å². The molecule has 5 rings (SSSR count). The van der Waals surface area contributed by atoms with E-state index in [0.29, 0.717) is 52.5 Å². The molecule has 3 aliphatic rings. The standard InChI is InChI=1S/C23H17ClN4O2/c24-13-5-3-6-14(11-13)28-18-9-4-10-19(29)20(18)23(16(12-25)21(28)26)15-7-1-2-8-17(15)27-22(23)30/h1-3,5-8,11H,4,9-10,26H2,(H,27,30)/t23-/m1/s1. The maximum Gasteiger partial charge on any atom is 0.245 e. The number of nitrogens with one attached hydrogen (secondary N) is 1. The number of ketones is 1. The predicted octanol–water partition coefficient (Wildman–Crippen LogP) is 3.75. The number of allylic oxidation sites excluding steroid dienone is 1. The number of rotatable bonds is 1. The number of nitrogens with zero attached hydrogens (tertiary/aromatic N) is 2. The summed E-state index contributed by atoms with van der Waals surface area (Å²) < 4.78 is 0. The first kappa shape index (κ1) is 18.5. The minimum absolute atomic E-state index is 0.0546. The first-order chi connectivity index (χ1) is 14.5. The number of nitriles is 1. The van der Waals surface area contributed by atoms with Crippen LogP contribution >= 0.6 is 11.6 Å². The van der Waals surface area contributed by atoms with Crippen LogP contribution in [0, 0.1) is 11.3 Å². The van der Waals surface area contributed by atoms with E-state index in [1.807, 2.05) is 6.07 Å². The van der Waals surface area contributed by atoms with Gasteiger partial charge in [0.05, 0.1) is 5.57 Å². The molecule has 2 aromatic rings. The molecule has 0 saturated heterocycles. The molecule has 0 fully saturated rings. The molecule has 1 aliphatic carbocycles. The van der Waals surface area contributed by atoms with Gasteiger partial charge in [0.1, 0.15) is 17.3 Å². The topological polar surface area (TPSA) is 99.2 Å². The van der Waals surface area contributed by atoms with Crippen molar-refractivity contribution in [2.24, 2.45) is 5.73 Å². The summed E-state index contributed by atoms with van der Waals surface area (Å²) in [7, 11) is 0. The molecule has 0 unspecified atom stereocenters. The molecule has 7 heteroatoms. The van der Waals surface area contributed by atoms with Crippen molar-refractivity contribution in [3.63, 3.8) is 0 Å². The second kappa shape index (κ2) is 6.48. The number of carbonyl (C=O) groups is 2. The molecule has 1 atom stereocenters. The summed E-state index contributed by atoms with van der Waals surface area (Å²) in [5.74, 6) is -0.424. The maximum atomic E-state index is 13.4. The number of carbonyl (C=O) groups excluding carboxylic acids is 2. The number of anilines is 2. The van der Waals surface area contributed by atoms with E-state index in [1.165, 1.54) is 0 Å². The molecule has 0 saturated carbocycles. The van der Waals surface area contributed by atoms with E-state index >= 15 is 0 Å². The lowest BCUT2D eigenvalue weighted by molar-refractivity contribution is -0.122. The van der Waals surface area contributed by atoms with Crippen molar-refractivity contribution in [2.75, 3.05) is 10.2 Å². The number of Topliss-reactive ketones (excluding diaryl/α,β-unsaturated/α-hetero) is 1. The Morgan fingerprint density at radius 3 is 2.70 bits per heavy atom. The van der Waals surface area contributed by atoms with Gasteiger partial charge in [0.25, 0.3) is 0 Å². The Hall–Kier alpha value is -3.56. The lowest BCUT2D eigenvalue weighted by Crippen LogP contribution is -2.50. The van der Waals surface area contributed by atoms with Gasteiger partial charge in [-0.05, 0) is 37.1 Å². The van der Waals surface area contributed by atoms with Crippen LogP contribution in [0.15, 0.2) is 71.2 Å². The highest BCUT2D eigenvalue weighted by molar-refractivity contribution is 6.30. The average molecular weight is 417 g/mol. The Morgan fingerprint density at radius 1 is 1.13 bits per heavy atom. The third-order valence-corrected chi connectivity index (χ3v) is 6.23. The summed E-state index contributed by atoms with van der Waals surface area (Å²) >= 11 is 6.20. The van der Waals surface area contributed by atoms with Gasteiger partial charge in [-0.25, -0.2) is 0 Å². The molecule has 30 heavy (non-hydrogen) atoms. The van der Waals surface area contributed by atoms with Crippen LogP contribution in [0.2, 0.25) is 5.02 Å². The number of hydrogen-bond acceptors (Lipinski definition) is 5. The highest BCUT2D eigenvalue weighted by Gasteiger charge is 2.59. The smallest absolute Gasteiger partial charge is 0.245 e. The van der Waals surface area contributed by atoms with Gasteiger partial charge >= 0.3 is 0 Å². The van der Waals surface area contributed by atoms with Crippen molar-refractivity contribution < 1.29 is 9.59 Å². The molecule has 6 nitrogen and oxygen atoms in total. The second-order valence-corrected chi connectivity index (χ2v) is 7.97. The molecule has 148 valence electrons. The maximum absolute atomic E-state index is 13.4. The SMILES string of the molecule is N#CC1=C(N)N(c2cccc(Cl)c2)C2=C(C(=O)CCC2)[C@]12C(=O)Nc1ccccc12. The summed E-state index contributed by atoms with van der Waals surface area (Å²) in [5.41, 5.74) is 7.89. The minimum atomic E-state index is -1.53. The molecule has 1 amide bonds. The lowest BCUT2D eigenvalue weighted by atomic mass is 9.64. The highest BCUT2D eigenvalue weighted by Crippen LogP contribution is 2.55. The third kappa shape index (κ3) is 2.24. The summed E-state index contributed by atoms with van der Waals surface area (Å²) in [4.78, 5) is 28.4. The zero-order valence-electron chi connectivity index (χ0n) is 15.9. The molecule has 3 N–H and O–H groups in total. The van der Waals surface area contributed by atoms with Crippen LogP contribution in [-0.4, -0.2) is 11.7 Å². The summed E-state index contributed by atoms with van der Waals surface area (Å²) in [6.07, 6.45) is 1.52. The van der Waals surface area contributed by atoms with Gasteiger partial charge in [0.2, 0.25) is 5.91 Å². The van der Waals surface area contributed by atoms with E-state index in [4.69, 9.17) is 17.3 Å². The van der Waals surface area contributed by atoms with Gasteiger partial charge in [-0.15, -0.1) is 0 Å². The number of hydrogen-bond donors (Lipinski definition) is 2. The summed E-state index contributed by atoms with van der Waals surface area (Å²) in [6.45, 7) is 0. The number of amides is 1. The average Bonchev–Trinajstić information content (AvgIpc) is 3.01. The lowest BCUT2D eigenvalue weighted by Gasteiger charge is -2.43. The zero-order valence-corrected chi connectivity index (χ0v) is 16.7. The largest absolute Gasteiger partial charge is 0.384 e. The van der Waals surface area contributed by atoms with E-state index in [0.717, 1.165) is 0 Å². The van der Waals surface area contributed by atoms with Gasteiger partial charge in [-0.3, -0.25) is 14.5 Å². The van der Waals surface area contributed by atoms with Crippen molar-refractivity contribution in [2.45, 2.75) is 24.7 Å². The van der Waals surface area contributed by atoms with Crippen LogP contribution in [0.4, 0.5) is 11.4 Å². The van der Waals surface area contributed by atoms with E-state index in [2.05, 4.69) is 11.4 Å². The number of benzene rings is 2. The summed E-state index contributed by atoms with van der Waals surface area (Å²) in [6, 6.07) is 16.4. The Bertz CT molecular complexity index is 1240. The van der Waals surface area contributed by atoms with E-state index in [9.17, 15) is 14.9 Å². The molecule has 2 heterocycles. The van der Waals surface area contributed by atoms with Crippen LogP contribution in [0.5, 0.6) is 0 Å². The first-order valence-corrected chi connectivity index (χ1v) is 10.0. The van der Waals surface area contributed by atoms with Crippen molar-refractivity contribution in [3.8, 4) is 6.07 Å². The number of fused-ring (bicyclic) bond motifs is 3. The fraction of sp³-hybridized carbons (Fsp3) is 0.174. The van der Waals surface area contributed by atoms with Gasteiger partial charge in [0, 0.05) is 39.7 Å². The molecular formula is C23H17ClN4O2. The van der Waals surface area contributed by atoms with Crippen LogP contribution in [0.3, 0.4) is 0 Å². The van der Waals surface area contributed by atoms with E-state index in [-0.39, 0.29) is 17.2 Å². The fourth-order valence-corrected chi connectivity index (χ4v) is 5.04. The van der Waals surface area contributed by atoms with Gasteiger partial charge in [0.15, 0.2) is 5.78 Å². The quantitative estimate of drug-likeness (QED) is 0.737. The number of para-hydroxylation sites is 1. The van der Waals surface area contributed by atoms with E-state index in [1.54, 1.807) is 47.4 Å². The van der Waals surface area contributed by atoms with Gasteiger partial charge in [-0.2, -0.15) is 5.26 Å². The Labute approximate surface area is 178 Å². The van der Waals surface area contributed by atoms with Crippen LogP contribution in [0.1, 0.15) is 24.8 Å². The molecule has 0 radical (unpaired) electrons. The fourth-order valence-electron chi connectivity index (χ4n) is 4.86. The Kier molecular flexibility index (Phi) is 3.99. The number of nitrogens with two attached hydrogens (primary N) is 1. The molecule has 2 aliphatic heterocycles. The van der Waals surface area contributed by atoms with Crippen LogP contribution in [0.25, 0.3) is 0 Å². The first-order valence-electron chi connectivity index (χ1n) is 9.64. The second-order valence-electron chi connectivity index (χ2n) is 7.54. The minimum Gasteiger partial charge on any atom is -0.384 e.